The van der Waals surface area contributed by atoms with Crippen molar-refractivity contribution < 1.29 is 0 Å². The Hall–Kier alpha value is -1.94. The van der Waals surface area contributed by atoms with Gasteiger partial charge < -0.3 is 9.72 Å². The van der Waals surface area contributed by atoms with Crippen LogP contribution in [-0.2, 0) is 0 Å². The standard InChI is InChI=1S/C14H11N3S/c1-2-4-12-11(3-1)16-14(18-12)10-5-7-17-8-6-15-13(17)9-10/h1-9,14,16H. The fourth-order valence-corrected chi connectivity index (χ4v) is 3.36. The maximum atomic E-state index is 4.33. The van der Waals surface area contributed by atoms with E-state index in [2.05, 4.69) is 52.9 Å². The predicted molar refractivity (Wildman–Crippen MR) is 73.9 cm³/mol. The Labute approximate surface area is 109 Å². The third-order valence-corrected chi connectivity index (χ3v) is 4.38. The van der Waals surface area contributed by atoms with Gasteiger partial charge in [-0.25, -0.2) is 4.98 Å². The molecule has 3 heterocycles. The number of benzene rings is 1. The number of hydrogen-bond donors (Lipinski definition) is 1. The van der Waals surface area contributed by atoms with Gasteiger partial charge in [-0.3, -0.25) is 0 Å². The first-order valence-electron chi connectivity index (χ1n) is 5.85. The summed E-state index contributed by atoms with van der Waals surface area (Å²) in [6.07, 6.45) is 5.84. The van der Waals surface area contributed by atoms with Crippen molar-refractivity contribution in [3.8, 4) is 0 Å². The summed E-state index contributed by atoms with van der Waals surface area (Å²) in [5.74, 6) is 0. The number of rotatable bonds is 1. The summed E-state index contributed by atoms with van der Waals surface area (Å²) in [6, 6.07) is 12.7. The summed E-state index contributed by atoms with van der Waals surface area (Å²) in [4.78, 5) is 5.64. The first-order chi connectivity index (χ1) is 8.90. The Morgan fingerprint density at radius 3 is 3.06 bits per heavy atom. The number of fused-ring (bicyclic) bond motifs is 2. The van der Waals surface area contributed by atoms with Gasteiger partial charge in [0, 0.05) is 29.2 Å². The molecule has 0 saturated carbocycles. The van der Waals surface area contributed by atoms with Crippen molar-refractivity contribution in [1.29, 1.82) is 0 Å². The van der Waals surface area contributed by atoms with Crippen LogP contribution in [0.5, 0.6) is 0 Å². The van der Waals surface area contributed by atoms with Crippen molar-refractivity contribution in [2.24, 2.45) is 0 Å². The lowest BCUT2D eigenvalue weighted by atomic mass is 10.2. The molecule has 1 unspecified atom stereocenters. The van der Waals surface area contributed by atoms with Crippen molar-refractivity contribution in [3.63, 3.8) is 0 Å². The number of anilines is 1. The minimum Gasteiger partial charge on any atom is -0.368 e. The molecule has 1 N–H and O–H groups in total. The van der Waals surface area contributed by atoms with Crippen LogP contribution in [0.1, 0.15) is 10.9 Å². The molecule has 0 bridgehead atoms. The zero-order valence-electron chi connectivity index (χ0n) is 9.58. The maximum Gasteiger partial charge on any atom is 0.137 e. The van der Waals surface area contributed by atoms with Gasteiger partial charge in [0.2, 0.25) is 0 Å². The summed E-state index contributed by atoms with van der Waals surface area (Å²) in [7, 11) is 0. The monoisotopic (exact) mass is 253 g/mol. The van der Waals surface area contributed by atoms with Gasteiger partial charge in [-0.05, 0) is 29.8 Å². The topological polar surface area (TPSA) is 29.3 Å². The molecule has 0 saturated heterocycles. The molecule has 1 atom stereocenters. The summed E-state index contributed by atoms with van der Waals surface area (Å²) in [6.45, 7) is 0. The maximum absolute atomic E-state index is 4.33. The number of nitrogens with zero attached hydrogens (tertiary/aromatic N) is 2. The van der Waals surface area contributed by atoms with E-state index < -0.39 is 0 Å². The molecule has 3 nitrogen and oxygen atoms in total. The number of thioether (sulfide) groups is 1. The minimum atomic E-state index is 0.282. The molecule has 1 aliphatic heterocycles. The first-order valence-corrected chi connectivity index (χ1v) is 6.73. The highest BCUT2D eigenvalue weighted by atomic mass is 32.2. The second kappa shape index (κ2) is 3.78. The molecule has 2 aromatic heterocycles. The van der Waals surface area contributed by atoms with Gasteiger partial charge in [-0.1, -0.05) is 23.9 Å². The molecule has 1 aliphatic rings. The summed E-state index contributed by atoms with van der Waals surface area (Å²) < 4.78 is 2.02. The molecule has 18 heavy (non-hydrogen) atoms. The lowest BCUT2D eigenvalue weighted by molar-refractivity contribution is 1.09. The minimum absolute atomic E-state index is 0.282. The number of hydrogen-bond acceptors (Lipinski definition) is 3. The fraction of sp³-hybridized carbons (Fsp3) is 0.0714. The van der Waals surface area contributed by atoms with Gasteiger partial charge in [0.15, 0.2) is 0 Å². The largest absolute Gasteiger partial charge is 0.368 e. The van der Waals surface area contributed by atoms with Crippen LogP contribution in [0.3, 0.4) is 0 Å². The summed E-state index contributed by atoms with van der Waals surface area (Å²) >= 11 is 1.85. The lowest BCUT2D eigenvalue weighted by Gasteiger charge is -2.10. The van der Waals surface area contributed by atoms with Crippen LogP contribution >= 0.6 is 11.8 Å². The third kappa shape index (κ3) is 1.49. The van der Waals surface area contributed by atoms with Crippen LogP contribution in [0.25, 0.3) is 5.65 Å². The number of aromatic nitrogens is 2. The molecule has 4 rings (SSSR count). The molecule has 1 aromatic carbocycles. The Morgan fingerprint density at radius 1 is 1.17 bits per heavy atom. The molecular formula is C14H11N3S. The van der Waals surface area contributed by atoms with E-state index in [4.69, 9.17) is 0 Å². The van der Waals surface area contributed by atoms with Crippen LogP contribution in [-0.4, -0.2) is 9.38 Å². The highest BCUT2D eigenvalue weighted by Crippen LogP contribution is 2.46. The Balaban J connectivity index is 1.73. The normalized spacial score (nSPS) is 17.7. The SMILES string of the molecule is c1ccc2c(c1)NC(c1ccn3ccnc3c1)S2. The van der Waals surface area contributed by atoms with E-state index >= 15 is 0 Å². The summed E-state index contributed by atoms with van der Waals surface area (Å²) in [5, 5.41) is 3.82. The molecular weight excluding hydrogens is 242 g/mol. The number of pyridine rings is 1. The predicted octanol–water partition coefficient (Wildman–Crippen LogP) is 3.55. The Bertz CT molecular complexity index is 695. The van der Waals surface area contributed by atoms with Crippen molar-refractivity contribution >= 4 is 23.1 Å². The Kier molecular flexibility index (Phi) is 2.11. The van der Waals surface area contributed by atoms with Crippen LogP contribution < -0.4 is 5.32 Å². The first kappa shape index (κ1) is 10.0. The zero-order valence-corrected chi connectivity index (χ0v) is 10.4. The van der Waals surface area contributed by atoms with Crippen molar-refractivity contribution in [2.45, 2.75) is 10.3 Å². The van der Waals surface area contributed by atoms with Crippen molar-refractivity contribution in [3.05, 3.63) is 60.6 Å². The van der Waals surface area contributed by atoms with Crippen LogP contribution in [0.15, 0.2) is 59.9 Å². The fourth-order valence-electron chi connectivity index (χ4n) is 2.23. The van der Waals surface area contributed by atoms with Gasteiger partial charge in [0.25, 0.3) is 0 Å². The zero-order chi connectivity index (χ0) is 11.9. The van der Waals surface area contributed by atoms with E-state index in [1.54, 1.807) is 0 Å². The molecule has 0 radical (unpaired) electrons. The molecule has 3 aromatic rings. The van der Waals surface area contributed by atoms with Crippen molar-refractivity contribution in [1.82, 2.24) is 9.38 Å². The molecule has 0 aliphatic carbocycles. The van der Waals surface area contributed by atoms with Gasteiger partial charge in [-0.2, -0.15) is 0 Å². The van der Waals surface area contributed by atoms with E-state index in [1.807, 2.05) is 28.6 Å². The third-order valence-electron chi connectivity index (χ3n) is 3.14. The van der Waals surface area contributed by atoms with E-state index in [0.29, 0.717) is 0 Å². The van der Waals surface area contributed by atoms with Gasteiger partial charge >= 0.3 is 0 Å². The summed E-state index contributed by atoms with van der Waals surface area (Å²) in [5.41, 5.74) is 3.47. The number of para-hydroxylation sites is 1. The molecule has 88 valence electrons. The van der Waals surface area contributed by atoms with Gasteiger partial charge in [0.05, 0.1) is 0 Å². The average molecular weight is 253 g/mol. The van der Waals surface area contributed by atoms with Crippen LogP contribution in [0.4, 0.5) is 5.69 Å². The second-order valence-corrected chi connectivity index (χ2v) is 5.44. The van der Waals surface area contributed by atoms with Crippen molar-refractivity contribution in [2.75, 3.05) is 5.32 Å². The molecule has 0 spiro atoms. The quantitative estimate of drug-likeness (QED) is 0.719. The molecule has 0 fully saturated rings. The molecule has 4 heteroatoms. The number of imidazole rings is 1. The second-order valence-electron chi connectivity index (χ2n) is 4.29. The molecule has 0 amide bonds. The van der Waals surface area contributed by atoms with E-state index in [1.165, 1.54) is 16.1 Å². The van der Waals surface area contributed by atoms with Crippen LogP contribution in [0, 0.1) is 0 Å². The van der Waals surface area contributed by atoms with Gasteiger partial charge in [-0.15, -0.1) is 0 Å². The Morgan fingerprint density at radius 2 is 2.11 bits per heavy atom. The average Bonchev–Trinajstić information content (AvgIpc) is 3.04. The highest BCUT2D eigenvalue weighted by Gasteiger charge is 2.22. The van der Waals surface area contributed by atoms with E-state index in [-0.39, 0.29) is 5.37 Å². The highest BCUT2D eigenvalue weighted by molar-refractivity contribution is 8.00. The van der Waals surface area contributed by atoms with E-state index in [9.17, 15) is 0 Å². The van der Waals surface area contributed by atoms with Crippen LogP contribution in [0.2, 0.25) is 0 Å². The number of nitrogens with one attached hydrogen (secondary N) is 1. The van der Waals surface area contributed by atoms with E-state index in [0.717, 1.165) is 5.65 Å². The lowest BCUT2D eigenvalue weighted by Crippen LogP contribution is -2.01. The smallest absolute Gasteiger partial charge is 0.137 e. The van der Waals surface area contributed by atoms with Gasteiger partial charge in [0.1, 0.15) is 11.0 Å².